The van der Waals surface area contributed by atoms with E-state index >= 15 is 0 Å². The summed E-state index contributed by atoms with van der Waals surface area (Å²) >= 11 is 0. The Bertz CT molecular complexity index is 678. The lowest BCUT2D eigenvalue weighted by Gasteiger charge is -2.53. The molecule has 0 aromatic heterocycles. The van der Waals surface area contributed by atoms with Crippen LogP contribution < -0.4 is 10.1 Å². The van der Waals surface area contributed by atoms with Gasteiger partial charge in [-0.2, -0.15) is 0 Å². The summed E-state index contributed by atoms with van der Waals surface area (Å²) in [5.41, 5.74) is -2.94. The van der Waals surface area contributed by atoms with Crippen molar-refractivity contribution in [2.45, 2.75) is 38.6 Å². The molecule has 1 fully saturated rings. The molecular weight excluding hydrogens is 338 g/mol. The average Bonchev–Trinajstić information content (AvgIpc) is 2.63. The number of aliphatic carboxylic acids is 1. The van der Waals surface area contributed by atoms with Crippen molar-refractivity contribution in [3.63, 3.8) is 0 Å². The topological polar surface area (TPSA) is 94.1 Å². The molecule has 7 nitrogen and oxygen atoms in total. The van der Waals surface area contributed by atoms with Crippen LogP contribution in [0.5, 0.6) is 5.75 Å². The van der Waals surface area contributed by atoms with E-state index < -0.39 is 29.1 Å². The molecular formula is C19H25NO6. The molecule has 1 aromatic rings. The van der Waals surface area contributed by atoms with Crippen LogP contribution in [-0.2, 0) is 14.3 Å². The van der Waals surface area contributed by atoms with Crippen LogP contribution in [-0.4, -0.2) is 55.1 Å². The second-order valence-corrected chi connectivity index (χ2v) is 6.53. The number of piperidine rings is 1. The standard InChI is InChI=1S/C19H25NO6/c1-3-24-17(25-4-2)19(16(22)23)15(21)13-7-5-6-8-14(13)26-18(19)9-11-20-12-10-18/h5-8,17,20H,3-4,9-12H2,1-2H3,(H,22,23). The number of nitrogens with one attached hydrogen (secondary N) is 1. The summed E-state index contributed by atoms with van der Waals surface area (Å²) in [4.78, 5) is 26.3. The monoisotopic (exact) mass is 363 g/mol. The number of carboxylic acids is 1. The van der Waals surface area contributed by atoms with E-state index in [4.69, 9.17) is 14.2 Å². The summed E-state index contributed by atoms with van der Waals surface area (Å²) in [6.45, 7) is 5.05. The Balaban J connectivity index is 2.25. The summed E-state index contributed by atoms with van der Waals surface area (Å²) in [6.07, 6.45) is -0.486. The fourth-order valence-electron chi connectivity index (χ4n) is 4.10. The number of carbonyl (C=O) groups is 2. The smallest absolute Gasteiger partial charge is 0.327 e. The first-order valence-electron chi connectivity index (χ1n) is 9.03. The third-order valence-electron chi connectivity index (χ3n) is 5.25. The van der Waals surface area contributed by atoms with Crippen molar-refractivity contribution in [3.05, 3.63) is 29.8 Å². The number of hydrogen-bond donors (Lipinski definition) is 2. The summed E-state index contributed by atoms with van der Waals surface area (Å²) in [7, 11) is 0. The van der Waals surface area contributed by atoms with Crippen LogP contribution in [0.3, 0.4) is 0 Å². The number of ketones is 1. The first-order chi connectivity index (χ1) is 12.5. The van der Waals surface area contributed by atoms with Crippen molar-refractivity contribution in [2.75, 3.05) is 26.3 Å². The van der Waals surface area contributed by atoms with Gasteiger partial charge in [-0.1, -0.05) is 12.1 Å². The number of Topliss-reactive ketones (excluding diaryl/α,β-unsaturated/α-hetero) is 1. The first kappa shape index (κ1) is 18.8. The maximum Gasteiger partial charge on any atom is 0.327 e. The van der Waals surface area contributed by atoms with Gasteiger partial charge in [-0.05, 0) is 39.1 Å². The highest BCUT2D eigenvalue weighted by Crippen LogP contribution is 2.52. The average molecular weight is 363 g/mol. The first-order valence-corrected chi connectivity index (χ1v) is 9.03. The molecule has 1 spiro atoms. The molecule has 0 amide bonds. The number of ether oxygens (including phenoxy) is 3. The van der Waals surface area contributed by atoms with Crippen LogP contribution in [0.4, 0.5) is 0 Å². The second kappa shape index (κ2) is 7.34. The quantitative estimate of drug-likeness (QED) is 0.588. The fourth-order valence-corrected chi connectivity index (χ4v) is 4.10. The van der Waals surface area contributed by atoms with Crippen LogP contribution >= 0.6 is 0 Å². The molecule has 7 heteroatoms. The van der Waals surface area contributed by atoms with Crippen LogP contribution in [0, 0.1) is 5.41 Å². The molecule has 1 unspecified atom stereocenters. The minimum atomic E-state index is -1.96. The highest BCUT2D eigenvalue weighted by molar-refractivity contribution is 6.16. The van der Waals surface area contributed by atoms with Gasteiger partial charge in [-0.15, -0.1) is 0 Å². The Morgan fingerprint density at radius 2 is 1.85 bits per heavy atom. The van der Waals surface area contributed by atoms with E-state index in [0.29, 0.717) is 31.7 Å². The van der Waals surface area contributed by atoms with Crippen molar-refractivity contribution in [3.8, 4) is 5.75 Å². The maximum atomic E-state index is 13.6. The SMILES string of the molecule is CCOC(OCC)C1(C(=O)O)C(=O)c2ccccc2OC12CCNCC2. The lowest BCUT2D eigenvalue weighted by molar-refractivity contribution is -0.243. The maximum absolute atomic E-state index is 13.6. The van der Waals surface area contributed by atoms with Gasteiger partial charge in [-0.3, -0.25) is 9.59 Å². The number of rotatable bonds is 6. The minimum absolute atomic E-state index is 0.225. The van der Waals surface area contributed by atoms with E-state index in [-0.39, 0.29) is 18.8 Å². The van der Waals surface area contributed by atoms with Gasteiger partial charge in [0.25, 0.3) is 0 Å². The molecule has 0 radical (unpaired) electrons. The normalized spacial score (nSPS) is 24.3. The Morgan fingerprint density at radius 1 is 1.23 bits per heavy atom. The Labute approximate surface area is 152 Å². The lowest BCUT2D eigenvalue weighted by Crippen LogP contribution is -2.71. The molecule has 2 N–H and O–H groups in total. The van der Waals surface area contributed by atoms with E-state index in [0.717, 1.165) is 0 Å². The summed E-state index contributed by atoms with van der Waals surface area (Å²) in [6, 6.07) is 6.78. The zero-order valence-electron chi connectivity index (χ0n) is 15.1. The van der Waals surface area contributed by atoms with Gasteiger partial charge in [0.1, 0.15) is 11.4 Å². The number of carboxylic acid groups (broad SMARTS) is 1. The predicted molar refractivity (Wildman–Crippen MR) is 93.3 cm³/mol. The third kappa shape index (κ3) is 2.62. The molecule has 0 bridgehead atoms. The molecule has 142 valence electrons. The second-order valence-electron chi connectivity index (χ2n) is 6.53. The number of para-hydroxylation sites is 1. The Kier molecular flexibility index (Phi) is 5.32. The summed E-state index contributed by atoms with van der Waals surface area (Å²) in [5.74, 6) is -1.37. The molecule has 0 saturated carbocycles. The molecule has 2 aliphatic heterocycles. The lowest BCUT2D eigenvalue weighted by atomic mass is 9.61. The van der Waals surface area contributed by atoms with E-state index in [1.807, 2.05) is 0 Å². The number of hydrogen-bond acceptors (Lipinski definition) is 6. The number of benzene rings is 1. The van der Waals surface area contributed by atoms with Gasteiger partial charge in [0.15, 0.2) is 12.1 Å². The van der Waals surface area contributed by atoms with E-state index in [1.165, 1.54) is 0 Å². The molecule has 1 atom stereocenters. The molecule has 2 heterocycles. The van der Waals surface area contributed by atoms with Crippen molar-refractivity contribution in [1.29, 1.82) is 0 Å². The highest BCUT2D eigenvalue weighted by atomic mass is 16.7. The Hall–Kier alpha value is -1.96. The van der Waals surface area contributed by atoms with Gasteiger partial charge in [0.05, 0.1) is 5.56 Å². The van der Waals surface area contributed by atoms with Crippen molar-refractivity contribution >= 4 is 11.8 Å². The molecule has 0 aliphatic carbocycles. The zero-order valence-corrected chi connectivity index (χ0v) is 15.1. The van der Waals surface area contributed by atoms with Gasteiger partial charge in [0, 0.05) is 26.1 Å². The summed E-state index contributed by atoms with van der Waals surface area (Å²) in [5, 5.41) is 13.6. The van der Waals surface area contributed by atoms with Crippen LogP contribution in [0.25, 0.3) is 0 Å². The van der Waals surface area contributed by atoms with Gasteiger partial charge in [0.2, 0.25) is 5.41 Å². The van der Waals surface area contributed by atoms with Crippen molar-refractivity contribution < 1.29 is 28.9 Å². The number of carbonyl (C=O) groups excluding carboxylic acids is 1. The van der Waals surface area contributed by atoms with Crippen LogP contribution in [0.2, 0.25) is 0 Å². The zero-order chi connectivity index (χ0) is 18.8. The largest absolute Gasteiger partial charge is 0.485 e. The van der Waals surface area contributed by atoms with E-state index in [9.17, 15) is 14.7 Å². The fraction of sp³-hybridized carbons (Fsp3) is 0.579. The molecule has 26 heavy (non-hydrogen) atoms. The van der Waals surface area contributed by atoms with Gasteiger partial charge in [-0.25, -0.2) is 0 Å². The molecule has 1 saturated heterocycles. The van der Waals surface area contributed by atoms with Crippen LogP contribution in [0.15, 0.2) is 24.3 Å². The predicted octanol–water partition coefficient (Wildman–Crippen LogP) is 1.85. The minimum Gasteiger partial charge on any atom is -0.485 e. The van der Waals surface area contributed by atoms with E-state index in [1.54, 1.807) is 38.1 Å². The van der Waals surface area contributed by atoms with Crippen LogP contribution in [0.1, 0.15) is 37.0 Å². The highest BCUT2D eigenvalue weighted by Gasteiger charge is 2.71. The molecule has 3 rings (SSSR count). The number of fused-ring (bicyclic) bond motifs is 1. The molecule has 1 aromatic carbocycles. The Morgan fingerprint density at radius 3 is 2.42 bits per heavy atom. The van der Waals surface area contributed by atoms with Gasteiger partial charge < -0.3 is 24.6 Å². The molecule has 2 aliphatic rings. The van der Waals surface area contributed by atoms with E-state index in [2.05, 4.69) is 5.32 Å². The third-order valence-corrected chi connectivity index (χ3v) is 5.25. The summed E-state index contributed by atoms with van der Waals surface area (Å²) < 4.78 is 17.6. The van der Waals surface area contributed by atoms with Crippen molar-refractivity contribution in [2.24, 2.45) is 5.41 Å². The van der Waals surface area contributed by atoms with Gasteiger partial charge >= 0.3 is 5.97 Å². The van der Waals surface area contributed by atoms with Crippen molar-refractivity contribution in [1.82, 2.24) is 5.32 Å².